The lowest BCUT2D eigenvalue weighted by Gasteiger charge is -2.17. The first-order valence-electron chi connectivity index (χ1n) is 11.6. The third-order valence-electron chi connectivity index (χ3n) is 5.94. The molecule has 0 bridgehead atoms. The van der Waals surface area contributed by atoms with E-state index in [0.29, 0.717) is 6.61 Å². The number of hydrogen-bond acceptors (Lipinski definition) is 3. The first kappa shape index (κ1) is 22.6. The van der Waals surface area contributed by atoms with E-state index in [1.807, 2.05) is 13.0 Å². The molecule has 0 fully saturated rings. The van der Waals surface area contributed by atoms with Crippen LogP contribution in [0.4, 0.5) is 5.69 Å². The lowest BCUT2D eigenvalue weighted by molar-refractivity contribution is 0.328. The number of methoxy groups -OCH3 is 1. The third-order valence-corrected chi connectivity index (χ3v) is 5.94. The van der Waals surface area contributed by atoms with E-state index in [2.05, 4.69) is 86.7 Å². The maximum atomic E-state index is 6.14. The van der Waals surface area contributed by atoms with E-state index in [4.69, 9.17) is 14.5 Å². The van der Waals surface area contributed by atoms with Gasteiger partial charge in [0.15, 0.2) is 5.90 Å². The molecule has 0 radical (unpaired) electrons. The fourth-order valence-corrected chi connectivity index (χ4v) is 4.08. The van der Waals surface area contributed by atoms with Gasteiger partial charge in [0.1, 0.15) is 12.4 Å². The largest absolute Gasteiger partial charge is 0.496 e. The van der Waals surface area contributed by atoms with Crippen molar-refractivity contribution in [2.45, 2.75) is 33.6 Å². The molecule has 0 saturated carbocycles. The Balaban J connectivity index is 2.01. The van der Waals surface area contributed by atoms with Crippen LogP contribution in [-0.4, -0.2) is 19.6 Å². The molecule has 4 aromatic carbocycles. The third kappa shape index (κ3) is 4.78. The van der Waals surface area contributed by atoms with Gasteiger partial charge in [-0.2, -0.15) is 0 Å². The number of hydrogen-bond donors (Lipinski definition) is 0. The van der Waals surface area contributed by atoms with Crippen LogP contribution in [0.1, 0.15) is 33.6 Å². The smallest absolute Gasteiger partial charge is 0.188 e. The summed E-state index contributed by atoms with van der Waals surface area (Å²) in [5.41, 5.74) is 4.21. The van der Waals surface area contributed by atoms with Crippen LogP contribution in [0.15, 0.2) is 89.4 Å². The summed E-state index contributed by atoms with van der Waals surface area (Å²) in [6, 6.07) is 25.3. The van der Waals surface area contributed by atoms with Crippen LogP contribution in [0.3, 0.4) is 0 Å². The van der Waals surface area contributed by atoms with Gasteiger partial charge in [-0.1, -0.05) is 73.7 Å². The Kier molecular flexibility index (Phi) is 7.09. The first-order chi connectivity index (χ1) is 16.2. The minimum absolute atomic E-state index is 0.551. The topological polar surface area (TPSA) is 30.8 Å². The summed E-state index contributed by atoms with van der Waals surface area (Å²) in [7, 11) is 1.73. The number of nitrogens with zero attached hydrogens (tertiary/aromatic N) is 1. The van der Waals surface area contributed by atoms with Crippen LogP contribution in [-0.2, 0) is 4.74 Å². The zero-order chi connectivity index (χ0) is 23.2. The molecule has 3 nitrogen and oxygen atoms in total. The van der Waals surface area contributed by atoms with Crippen molar-refractivity contribution in [2.75, 3.05) is 13.7 Å². The molecule has 4 aromatic rings. The molecular formula is C30H31NO2. The fraction of sp³-hybridized carbons (Fsp3) is 0.233. The zero-order valence-electron chi connectivity index (χ0n) is 19.9. The molecule has 4 rings (SSSR count). The number of rotatable bonds is 7. The quantitative estimate of drug-likeness (QED) is 0.165. The van der Waals surface area contributed by atoms with Crippen molar-refractivity contribution in [3.05, 3.63) is 84.4 Å². The average molecular weight is 438 g/mol. The highest BCUT2D eigenvalue weighted by molar-refractivity contribution is 6.11. The molecule has 0 aliphatic carbocycles. The molecule has 0 spiro atoms. The van der Waals surface area contributed by atoms with E-state index >= 15 is 0 Å². The van der Waals surface area contributed by atoms with Crippen molar-refractivity contribution in [2.24, 2.45) is 4.99 Å². The SMILES string of the molecule is C/C=C(\C)COC(CCC)=Nc1ccc2ccccc2c1-c1c(OC)ccc2ccccc12. The molecule has 0 saturated heterocycles. The van der Waals surface area contributed by atoms with Gasteiger partial charge in [-0.3, -0.25) is 0 Å². The van der Waals surface area contributed by atoms with Gasteiger partial charge < -0.3 is 9.47 Å². The van der Waals surface area contributed by atoms with Crippen LogP contribution in [0.5, 0.6) is 5.75 Å². The van der Waals surface area contributed by atoms with Crippen molar-refractivity contribution < 1.29 is 9.47 Å². The molecule has 0 aliphatic heterocycles. The van der Waals surface area contributed by atoms with Gasteiger partial charge in [0.25, 0.3) is 0 Å². The fourth-order valence-electron chi connectivity index (χ4n) is 4.08. The van der Waals surface area contributed by atoms with Crippen LogP contribution < -0.4 is 4.74 Å². The van der Waals surface area contributed by atoms with Gasteiger partial charge in [-0.25, -0.2) is 4.99 Å². The van der Waals surface area contributed by atoms with Crippen molar-refractivity contribution in [3.63, 3.8) is 0 Å². The standard InChI is InChI=1S/C30H31NO2/c1-5-11-28(33-20-21(3)6-2)31-26-18-16-22-12-7-9-14-24(22)29(26)30-25-15-10-8-13-23(25)17-19-27(30)32-4/h6-10,12-19H,5,11,20H2,1-4H3/b21-6+,31-28?. The predicted octanol–water partition coefficient (Wildman–Crippen LogP) is 8.48. The van der Waals surface area contributed by atoms with Crippen molar-refractivity contribution in [3.8, 4) is 16.9 Å². The number of ether oxygens (including phenoxy) is 2. The predicted molar refractivity (Wildman–Crippen MR) is 141 cm³/mol. The molecule has 0 aliphatic rings. The van der Waals surface area contributed by atoms with Gasteiger partial charge in [0.2, 0.25) is 0 Å². The lowest BCUT2D eigenvalue weighted by Crippen LogP contribution is -2.06. The van der Waals surface area contributed by atoms with E-state index < -0.39 is 0 Å². The van der Waals surface area contributed by atoms with Gasteiger partial charge in [0.05, 0.1) is 12.8 Å². The van der Waals surface area contributed by atoms with E-state index in [9.17, 15) is 0 Å². The van der Waals surface area contributed by atoms with E-state index in [1.165, 1.54) is 16.3 Å². The van der Waals surface area contributed by atoms with Crippen molar-refractivity contribution >= 4 is 33.1 Å². The van der Waals surface area contributed by atoms with E-state index in [0.717, 1.165) is 52.1 Å². The summed E-state index contributed by atoms with van der Waals surface area (Å²) in [5.74, 6) is 1.60. The molecule has 168 valence electrons. The number of aliphatic imine (C=N–C) groups is 1. The Labute approximate surface area is 196 Å². The van der Waals surface area contributed by atoms with Crippen LogP contribution >= 0.6 is 0 Å². The Morgan fingerprint density at radius 3 is 2.12 bits per heavy atom. The second-order valence-electron chi connectivity index (χ2n) is 8.22. The Morgan fingerprint density at radius 2 is 1.48 bits per heavy atom. The van der Waals surface area contributed by atoms with E-state index in [1.54, 1.807) is 7.11 Å². The minimum atomic E-state index is 0.551. The first-order valence-corrected chi connectivity index (χ1v) is 11.6. The maximum absolute atomic E-state index is 6.14. The second kappa shape index (κ2) is 10.4. The zero-order valence-corrected chi connectivity index (χ0v) is 19.9. The molecule has 0 amide bonds. The van der Waals surface area contributed by atoms with Gasteiger partial charge >= 0.3 is 0 Å². The van der Waals surface area contributed by atoms with Gasteiger partial charge in [-0.05, 0) is 59.5 Å². The Hall–Kier alpha value is -3.59. The Morgan fingerprint density at radius 1 is 0.848 bits per heavy atom. The summed E-state index contributed by atoms with van der Waals surface area (Å²) >= 11 is 0. The highest BCUT2D eigenvalue weighted by Gasteiger charge is 2.18. The summed E-state index contributed by atoms with van der Waals surface area (Å²) in [6.07, 6.45) is 3.83. The summed E-state index contributed by atoms with van der Waals surface area (Å²) < 4.78 is 12.0. The summed E-state index contributed by atoms with van der Waals surface area (Å²) in [5, 5.41) is 4.63. The highest BCUT2D eigenvalue weighted by Crippen LogP contribution is 2.45. The van der Waals surface area contributed by atoms with Gasteiger partial charge in [0, 0.05) is 17.5 Å². The summed E-state index contributed by atoms with van der Waals surface area (Å²) in [4.78, 5) is 5.07. The maximum Gasteiger partial charge on any atom is 0.188 e. The molecular weight excluding hydrogens is 406 g/mol. The molecule has 3 heteroatoms. The summed E-state index contributed by atoms with van der Waals surface area (Å²) in [6.45, 7) is 6.81. The van der Waals surface area contributed by atoms with Crippen LogP contribution in [0.25, 0.3) is 32.7 Å². The van der Waals surface area contributed by atoms with E-state index in [-0.39, 0.29) is 0 Å². The molecule has 0 heterocycles. The number of allylic oxidation sites excluding steroid dienone is 1. The van der Waals surface area contributed by atoms with Gasteiger partial charge in [-0.15, -0.1) is 0 Å². The Bertz CT molecular complexity index is 1330. The van der Waals surface area contributed by atoms with Crippen LogP contribution in [0.2, 0.25) is 0 Å². The van der Waals surface area contributed by atoms with Crippen molar-refractivity contribution in [1.29, 1.82) is 0 Å². The average Bonchev–Trinajstić information content (AvgIpc) is 2.86. The second-order valence-corrected chi connectivity index (χ2v) is 8.22. The monoisotopic (exact) mass is 437 g/mol. The lowest BCUT2D eigenvalue weighted by atomic mass is 9.91. The molecule has 0 aromatic heterocycles. The number of fused-ring (bicyclic) bond motifs is 2. The van der Waals surface area contributed by atoms with Crippen molar-refractivity contribution in [1.82, 2.24) is 0 Å². The van der Waals surface area contributed by atoms with Crippen LogP contribution in [0, 0.1) is 0 Å². The normalized spacial score (nSPS) is 12.4. The molecule has 0 unspecified atom stereocenters. The number of benzene rings is 4. The molecule has 0 N–H and O–H groups in total. The minimum Gasteiger partial charge on any atom is -0.496 e. The molecule has 33 heavy (non-hydrogen) atoms. The highest BCUT2D eigenvalue weighted by atomic mass is 16.5. The molecule has 0 atom stereocenters.